The fraction of sp³-hybridized carbons (Fsp3) is 0.562. The van der Waals surface area contributed by atoms with Crippen LogP contribution in [-0.2, 0) is 17.8 Å². The fourth-order valence-corrected chi connectivity index (χ4v) is 2.86. The predicted molar refractivity (Wildman–Crippen MR) is 75.7 cm³/mol. The number of carbonyl (C=O) groups excluding carboxylic acids is 1. The number of amides is 1. The second-order valence-electron chi connectivity index (χ2n) is 5.97. The lowest BCUT2D eigenvalue weighted by molar-refractivity contribution is -0.123. The van der Waals surface area contributed by atoms with Gasteiger partial charge in [0, 0.05) is 13.1 Å². The number of hydrogen-bond donors (Lipinski definition) is 2. The molecule has 2 aliphatic rings. The average molecular weight is 258 g/mol. The zero-order valence-electron chi connectivity index (χ0n) is 11.5. The van der Waals surface area contributed by atoms with E-state index in [0.29, 0.717) is 5.92 Å². The van der Waals surface area contributed by atoms with Crippen LogP contribution in [0.2, 0.25) is 0 Å². The minimum atomic E-state index is -0.0682. The molecule has 1 aromatic rings. The van der Waals surface area contributed by atoms with Gasteiger partial charge in [-0.15, -0.1) is 0 Å². The van der Waals surface area contributed by atoms with Gasteiger partial charge >= 0.3 is 0 Å². The van der Waals surface area contributed by atoms with Crippen molar-refractivity contribution in [3.05, 3.63) is 35.4 Å². The third-order valence-electron chi connectivity index (χ3n) is 4.42. The van der Waals surface area contributed by atoms with Crippen LogP contribution in [0.4, 0.5) is 0 Å². The van der Waals surface area contributed by atoms with Crippen molar-refractivity contribution in [3.8, 4) is 0 Å². The molecule has 1 saturated carbocycles. The summed E-state index contributed by atoms with van der Waals surface area (Å²) in [5, 5.41) is 6.43. The van der Waals surface area contributed by atoms with E-state index in [-0.39, 0.29) is 11.9 Å². The maximum absolute atomic E-state index is 12.2. The van der Waals surface area contributed by atoms with Crippen LogP contribution in [0.15, 0.2) is 24.3 Å². The molecule has 3 rings (SSSR count). The zero-order chi connectivity index (χ0) is 13.2. The molecule has 2 atom stereocenters. The van der Waals surface area contributed by atoms with Crippen LogP contribution in [0.5, 0.6) is 0 Å². The Labute approximate surface area is 114 Å². The molecular weight excluding hydrogens is 236 g/mol. The third kappa shape index (κ3) is 2.98. The summed E-state index contributed by atoms with van der Waals surface area (Å²) < 4.78 is 0. The van der Waals surface area contributed by atoms with E-state index in [0.717, 1.165) is 25.4 Å². The first-order valence-corrected chi connectivity index (χ1v) is 7.32. The Bertz CT molecular complexity index is 468. The monoisotopic (exact) mass is 258 g/mol. The predicted octanol–water partition coefficient (Wildman–Crippen LogP) is 1.86. The first-order valence-electron chi connectivity index (χ1n) is 7.32. The van der Waals surface area contributed by atoms with Crippen LogP contribution in [-0.4, -0.2) is 18.5 Å². The zero-order valence-corrected chi connectivity index (χ0v) is 11.5. The fourth-order valence-electron chi connectivity index (χ4n) is 2.86. The normalized spacial score (nSPS) is 23.5. The van der Waals surface area contributed by atoms with Gasteiger partial charge in [0.2, 0.25) is 5.91 Å². The molecule has 3 heteroatoms. The Morgan fingerprint density at radius 1 is 1.37 bits per heavy atom. The van der Waals surface area contributed by atoms with Gasteiger partial charge in [0.15, 0.2) is 0 Å². The van der Waals surface area contributed by atoms with E-state index in [4.69, 9.17) is 0 Å². The molecule has 0 radical (unpaired) electrons. The molecule has 1 aliphatic heterocycles. The lowest BCUT2D eigenvalue weighted by Gasteiger charge is -2.25. The van der Waals surface area contributed by atoms with E-state index in [1.807, 2.05) is 6.07 Å². The van der Waals surface area contributed by atoms with Crippen molar-refractivity contribution in [2.75, 3.05) is 6.54 Å². The highest BCUT2D eigenvalue weighted by Crippen LogP contribution is 2.36. The van der Waals surface area contributed by atoms with Crippen molar-refractivity contribution in [3.63, 3.8) is 0 Å². The van der Waals surface area contributed by atoms with Crippen LogP contribution in [0.3, 0.4) is 0 Å². The van der Waals surface area contributed by atoms with Gasteiger partial charge in [0.25, 0.3) is 0 Å². The maximum Gasteiger partial charge on any atom is 0.237 e. The number of rotatable bonds is 4. The Balaban J connectivity index is 1.53. The summed E-state index contributed by atoms with van der Waals surface area (Å²) >= 11 is 0. The molecule has 0 bridgehead atoms. The largest absolute Gasteiger partial charge is 0.354 e. The number of nitrogens with one attached hydrogen (secondary N) is 2. The van der Waals surface area contributed by atoms with E-state index in [1.54, 1.807) is 0 Å². The van der Waals surface area contributed by atoms with Crippen LogP contribution in [0.25, 0.3) is 0 Å². The molecule has 1 heterocycles. The van der Waals surface area contributed by atoms with Crippen molar-refractivity contribution in [2.24, 2.45) is 11.8 Å². The molecule has 1 aliphatic carbocycles. The van der Waals surface area contributed by atoms with Crippen molar-refractivity contribution in [1.29, 1.82) is 0 Å². The van der Waals surface area contributed by atoms with Gasteiger partial charge in [0.05, 0.1) is 6.04 Å². The van der Waals surface area contributed by atoms with Gasteiger partial charge in [-0.25, -0.2) is 0 Å². The molecule has 1 unspecified atom stereocenters. The third-order valence-corrected chi connectivity index (χ3v) is 4.42. The molecule has 2 N–H and O–H groups in total. The number of carbonyl (C=O) groups is 1. The van der Waals surface area contributed by atoms with Crippen molar-refractivity contribution in [2.45, 2.75) is 38.8 Å². The SMILES string of the molecule is CC(CNC(=O)[C@H]1Cc2ccccc2CN1)C1CC1. The van der Waals surface area contributed by atoms with Crippen LogP contribution in [0, 0.1) is 11.8 Å². The summed E-state index contributed by atoms with van der Waals surface area (Å²) in [6, 6.07) is 8.29. The van der Waals surface area contributed by atoms with Gasteiger partial charge < -0.3 is 10.6 Å². The summed E-state index contributed by atoms with van der Waals surface area (Å²) in [4.78, 5) is 12.2. The highest BCUT2D eigenvalue weighted by molar-refractivity contribution is 5.82. The second-order valence-corrected chi connectivity index (χ2v) is 5.97. The van der Waals surface area contributed by atoms with Gasteiger partial charge in [0.1, 0.15) is 0 Å². The Hall–Kier alpha value is -1.35. The van der Waals surface area contributed by atoms with E-state index in [2.05, 4.69) is 35.8 Å². The molecule has 3 nitrogen and oxygen atoms in total. The summed E-state index contributed by atoms with van der Waals surface area (Å²) in [7, 11) is 0. The van der Waals surface area contributed by atoms with Gasteiger partial charge in [-0.3, -0.25) is 4.79 Å². The Morgan fingerprint density at radius 3 is 2.84 bits per heavy atom. The molecule has 1 aromatic carbocycles. The molecular formula is C16H22N2O. The topological polar surface area (TPSA) is 41.1 Å². The van der Waals surface area contributed by atoms with Crippen molar-refractivity contribution < 1.29 is 4.79 Å². The quantitative estimate of drug-likeness (QED) is 0.865. The number of benzene rings is 1. The first-order chi connectivity index (χ1) is 9.24. The van der Waals surface area contributed by atoms with Crippen LogP contribution in [0.1, 0.15) is 30.9 Å². The van der Waals surface area contributed by atoms with Gasteiger partial charge in [-0.2, -0.15) is 0 Å². The lowest BCUT2D eigenvalue weighted by Crippen LogP contribution is -2.48. The average Bonchev–Trinajstić information content (AvgIpc) is 3.28. The molecule has 0 saturated heterocycles. The van der Waals surface area contributed by atoms with E-state index in [9.17, 15) is 4.79 Å². The number of fused-ring (bicyclic) bond motifs is 1. The standard InChI is InChI=1S/C16H22N2O/c1-11(12-6-7-12)9-18-16(19)15-8-13-4-2-3-5-14(13)10-17-15/h2-5,11-12,15,17H,6-10H2,1H3,(H,18,19)/t11?,15-/m1/s1. The molecule has 0 spiro atoms. The first kappa shape index (κ1) is 12.7. The second kappa shape index (κ2) is 5.33. The summed E-state index contributed by atoms with van der Waals surface area (Å²) in [5.74, 6) is 1.63. The molecule has 1 fully saturated rings. The lowest BCUT2D eigenvalue weighted by atomic mass is 9.95. The van der Waals surface area contributed by atoms with E-state index in [1.165, 1.54) is 24.0 Å². The summed E-state index contributed by atoms with van der Waals surface area (Å²) in [6.07, 6.45) is 3.48. The summed E-state index contributed by atoms with van der Waals surface area (Å²) in [6.45, 7) is 3.86. The molecule has 102 valence electrons. The highest BCUT2D eigenvalue weighted by Gasteiger charge is 2.29. The van der Waals surface area contributed by atoms with Crippen LogP contribution < -0.4 is 10.6 Å². The molecule has 0 aromatic heterocycles. The minimum Gasteiger partial charge on any atom is -0.354 e. The Morgan fingerprint density at radius 2 is 2.11 bits per heavy atom. The number of hydrogen-bond acceptors (Lipinski definition) is 2. The smallest absolute Gasteiger partial charge is 0.237 e. The Kier molecular flexibility index (Phi) is 3.56. The molecule has 1 amide bonds. The molecule has 19 heavy (non-hydrogen) atoms. The summed E-state index contributed by atoms with van der Waals surface area (Å²) in [5.41, 5.74) is 2.62. The van der Waals surface area contributed by atoms with Crippen molar-refractivity contribution >= 4 is 5.91 Å². The van der Waals surface area contributed by atoms with E-state index < -0.39 is 0 Å². The maximum atomic E-state index is 12.2. The van der Waals surface area contributed by atoms with E-state index >= 15 is 0 Å². The van der Waals surface area contributed by atoms with Crippen molar-refractivity contribution in [1.82, 2.24) is 10.6 Å². The van der Waals surface area contributed by atoms with Gasteiger partial charge in [-0.05, 0) is 42.2 Å². The van der Waals surface area contributed by atoms with Gasteiger partial charge in [-0.1, -0.05) is 31.2 Å². The van der Waals surface area contributed by atoms with Crippen LogP contribution >= 0.6 is 0 Å². The minimum absolute atomic E-state index is 0.0682. The highest BCUT2D eigenvalue weighted by atomic mass is 16.2.